The summed E-state index contributed by atoms with van der Waals surface area (Å²) in [7, 11) is -3.85. The van der Waals surface area contributed by atoms with Gasteiger partial charge in [0.05, 0.1) is 10.6 Å². The van der Waals surface area contributed by atoms with E-state index in [2.05, 4.69) is 5.43 Å². The molecule has 0 bridgehead atoms. The number of sulfonamides is 1. The summed E-state index contributed by atoms with van der Waals surface area (Å²) < 4.78 is 37.7. The normalized spacial score (nSPS) is 11.3. The molecular formula is C16H17FN2O3S2. The van der Waals surface area contributed by atoms with E-state index >= 15 is 0 Å². The molecule has 2 rings (SSSR count). The Morgan fingerprint density at radius 1 is 1.12 bits per heavy atom. The number of rotatable bonds is 6. The summed E-state index contributed by atoms with van der Waals surface area (Å²) in [4.78, 5) is 14.2. The van der Waals surface area contributed by atoms with Gasteiger partial charge in [0.1, 0.15) is 5.82 Å². The zero-order valence-corrected chi connectivity index (χ0v) is 14.8. The van der Waals surface area contributed by atoms with Crippen molar-refractivity contribution in [2.75, 3.05) is 5.75 Å². The Bertz CT molecular complexity index is 854. The maximum absolute atomic E-state index is 13.4. The molecule has 0 aliphatic heterocycles. The molecule has 5 nitrogen and oxygen atoms in total. The first-order valence-electron chi connectivity index (χ1n) is 7.05. The highest BCUT2D eigenvalue weighted by Gasteiger charge is 2.16. The fraction of sp³-hybridized carbons (Fsp3) is 0.188. The molecule has 0 saturated heterocycles. The van der Waals surface area contributed by atoms with Crippen LogP contribution in [-0.4, -0.2) is 20.1 Å². The second-order valence-corrected chi connectivity index (χ2v) is 7.82. The second kappa shape index (κ2) is 7.78. The van der Waals surface area contributed by atoms with Crippen LogP contribution >= 0.6 is 11.8 Å². The van der Waals surface area contributed by atoms with Crippen LogP contribution in [0.5, 0.6) is 0 Å². The first kappa shape index (κ1) is 18.4. The van der Waals surface area contributed by atoms with Gasteiger partial charge in [-0.05, 0) is 49.2 Å². The summed E-state index contributed by atoms with van der Waals surface area (Å²) in [6, 6.07) is 10.7. The van der Waals surface area contributed by atoms with Crippen molar-refractivity contribution in [2.45, 2.75) is 23.6 Å². The van der Waals surface area contributed by atoms with Crippen molar-refractivity contribution in [2.24, 2.45) is 0 Å². The Morgan fingerprint density at radius 3 is 2.50 bits per heavy atom. The molecule has 24 heavy (non-hydrogen) atoms. The summed E-state index contributed by atoms with van der Waals surface area (Å²) in [6.45, 7) is 3.68. The van der Waals surface area contributed by atoms with Crippen LogP contribution in [-0.2, 0) is 14.8 Å². The van der Waals surface area contributed by atoms with Gasteiger partial charge < -0.3 is 0 Å². The number of hydrazine groups is 1. The molecule has 0 aliphatic carbocycles. The number of halogens is 1. The average molecular weight is 368 g/mol. The molecular weight excluding hydrogens is 351 g/mol. The summed E-state index contributed by atoms with van der Waals surface area (Å²) in [5.74, 6) is -1.11. The lowest BCUT2D eigenvalue weighted by molar-refractivity contribution is -0.119. The summed E-state index contributed by atoms with van der Waals surface area (Å²) in [5, 5.41) is 0. The topological polar surface area (TPSA) is 75.3 Å². The van der Waals surface area contributed by atoms with Crippen LogP contribution < -0.4 is 10.3 Å². The molecule has 0 aliphatic rings. The number of aryl methyl sites for hydroxylation is 2. The maximum Gasteiger partial charge on any atom is 0.257 e. The standard InChI is InChI=1S/C16H17FN2O3S2/c1-11-7-8-13(9-12(11)2)24(21,22)19-18-16(20)10-23-15-6-4-3-5-14(15)17/h3-9,19H,10H2,1-2H3,(H,18,20). The minimum Gasteiger partial charge on any atom is -0.277 e. The molecule has 2 N–H and O–H groups in total. The van der Waals surface area contributed by atoms with E-state index in [0.29, 0.717) is 4.90 Å². The molecule has 0 fully saturated rings. The molecule has 2 aromatic carbocycles. The van der Waals surface area contributed by atoms with Gasteiger partial charge in [0.15, 0.2) is 0 Å². The van der Waals surface area contributed by atoms with Gasteiger partial charge in [0, 0.05) is 4.90 Å². The lowest BCUT2D eigenvalue weighted by atomic mass is 10.1. The van der Waals surface area contributed by atoms with Gasteiger partial charge in [-0.15, -0.1) is 16.6 Å². The van der Waals surface area contributed by atoms with Crippen LogP contribution in [0.15, 0.2) is 52.3 Å². The van der Waals surface area contributed by atoms with Crippen molar-refractivity contribution >= 4 is 27.7 Å². The molecule has 0 saturated carbocycles. The Hall–Kier alpha value is -1.90. The molecule has 0 unspecified atom stereocenters. The van der Waals surface area contributed by atoms with E-state index in [-0.39, 0.29) is 10.6 Å². The van der Waals surface area contributed by atoms with E-state index in [4.69, 9.17) is 0 Å². The van der Waals surface area contributed by atoms with E-state index in [1.54, 1.807) is 31.2 Å². The van der Waals surface area contributed by atoms with E-state index in [9.17, 15) is 17.6 Å². The predicted octanol–water partition coefficient (Wildman–Crippen LogP) is 2.54. The minimum absolute atomic E-state index is 0.0626. The van der Waals surface area contributed by atoms with Crippen molar-refractivity contribution in [3.63, 3.8) is 0 Å². The van der Waals surface area contributed by atoms with Gasteiger partial charge in [-0.25, -0.2) is 12.8 Å². The van der Waals surface area contributed by atoms with Gasteiger partial charge in [-0.3, -0.25) is 10.2 Å². The first-order valence-corrected chi connectivity index (χ1v) is 9.52. The number of hydrogen-bond donors (Lipinski definition) is 2. The van der Waals surface area contributed by atoms with E-state index in [0.717, 1.165) is 22.9 Å². The molecule has 8 heteroatoms. The molecule has 0 atom stereocenters. The van der Waals surface area contributed by atoms with Crippen molar-refractivity contribution in [3.05, 3.63) is 59.4 Å². The highest BCUT2D eigenvalue weighted by atomic mass is 32.2. The number of amides is 1. The summed E-state index contributed by atoms with van der Waals surface area (Å²) >= 11 is 0.984. The molecule has 0 aromatic heterocycles. The third-order valence-electron chi connectivity index (χ3n) is 3.31. The Balaban J connectivity index is 1.93. The molecule has 2 aromatic rings. The average Bonchev–Trinajstić information content (AvgIpc) is 2.54. The van der Waals surface area contributed by atoms with Crippen molar-refractivity contribution in [1.29, 1.82) is 0 Å². The largest absolute Gasteiger partial charge is 0.277 e. The van der Waals surface area contributed by atoms with Crippen LogP contribution in [0.1, 0.15) is 11.1 Å². The van der Waals surface area contributed by atoms with Gasteiger partial charge in [-0.1, -0.05) is 18.2 Å². The Kier molecular flexibility index (Phi) is 5.98. The van der Waals surface area contributed by atoms with Gasteiger partial charge in [0.25, 0.3) is 10.0 Å². The fourth-order valence-electron chi connectivity index (χ4n) is 1.81. The third-order valence-corrected chi connectivity index (χ3v) is 5.60. The smallest absolute Gasteiger partial charge is 0.257 e. The summed E-state index contributed by atoms with van der Waals surface area (Å²) in [6.07, 6.45) is 0. The molecule has 128 valence electrons. The second-order valence-electron chi connectivity index (χ2n) is 5.12. The van der Waals surface area contributed by atoms with Crippen LogP contribution in [0.4, 0.5) is 4.39 Å². The first-order chi connectivity index (χ1) is 11.3. The number of carbonyl (C=O) groups is 1. The lowest BCUT2D eigenvalue weighted by Crippen LogP contribution is -2.42. The van der Waals surface area contributed by atoms with Crippen molar-refractivity contribution in [3.8, 4) is 0 Å². The number of carbonyl (C=O) groups excluding carboxylic acids is 1. The molecule has 0 heterocycles. The monoisotopic (exact) mass is 368 g/mol. The zero-order valence-electron chi connectivity index (χ0n) is 13.2. The summed E-state index contributed by atoms with van der Waals surface area (Å²) in [5.41, 5.74) is 3.93. The van der Waals surface area contributed by atoms with Crippen LogP contribution in [0.25, 0.3) is 0 Å². The maximum atomic E-state index is 13.4. The third kappa shape index (κ3) is 4.80. The van der Waals surface area contributed by atoms with Crippen LogP contribution in [0, 0.1) is 19.7 Å². The minimum atomic E-state index is -3.85. The van der Waals surface area contributed by atoms with Gasteiger partial charge >= 0.3 is 0 Å². The highest BCUT2D eigenvalue weighted by molar-refractivity contribution is 8.00. The van der Waals surface area contributed by atoms with Gasteiger partial charge in [-0.2, -0.15) is 0 Å². The zero-order chi connectivity index (χ0) is 17.7. The van der Waals surface area contributed by atoms with E-state index in [1.165, 1.54) is 18.2 Å². The van der Waals surface area contributed by atoms with Crippen molar-refractivity contribution in [1.82, 2.24) is 10.3 Å². The predicted molar refractivity (Wildman–Crippen MR) is 91.5 cm³/mol. The van der Waals surface area contributed by atoms with Crippen molar-refractivity contribution < 1.29 is 17.6 Å². The number of benzene rings is 2. The molecule has 0 radical (unpaired) electrons. The highest BCUT2D eigenvalue weighted by Crippen LogP contribution is 2.20. The molecule has 0 spiro atoms. The van der Waals surface area contributed by atoms with E-state index in [1.807, 2.05) is 11.8 Å². The Labute approximate surface area is 144 Å². The quantitative estimate of drug-likeness (QED) is 0.607. The number of thioether (sulfide) groups is 1. The number of hydrogen-bond acceptors (Lipinski definition) is 4. The molecule has 1 amide bonds. The Morgan fingerprint density at radius 2 is 1.83 bits per heavy atom. The number of nitrogens with one attached hydrogen (secondary N) is 2. The van der Waals surface area contributed by atoms with Gasteiger partial charge in [0.2, 0.25) is 5.91 Å². The fourth-order valence-corrected chi connectivity index (χ4v) is 3.49. The lowest BCUT2D eigenvalue weighted by Gasteiger charge is -2.10. The van der Waals surface area contributed by atoms with E-state index < -0.39 is 21.7 Å². The SMILES string of the molecule is Cc1ccc(S(=O)(=O)NNC(=O)CSc2ccccc2F)cc1C. The van der Waals surface area contributed by atoms with Crippen LogP contribution in [0.2, 0.25) is 0 Å². The van der Waals surface area contributed by atoms with Crippen LogP contribution in [0.3, 0.4) is 0 Å².